The summed E-state index contributed by atoms with van der Waals surface area (Å²) in [6.45, 7) is 1.81. The number of aryl methyl sites for hydroxylation is 1. The van der Waals surface area contributed by atoms with Gasteiger partial charge in [-0.1, -0.05) is 0 Å². The van der Waals surface area contributed by atoms with Crippen molar-refractivity contribution < 1.29 is 17.2 Å². The predicted molar refractivity (Wildman–Crippen MR) is 110 cm³/mol. The van der Waals surface area contributed by atoms with Crippen LogP contribution in [0.5, 0.6) is 0 Å². The summed E-state index contributed by atoms with van der Waals surface area (Å²) in [6.07, 6.45) is 2.51. The largest absolute Gasteiger partial charge is 0.417 e. The monoisotopic (exact) mass is 429 g/mol. The molecule has 0 saturated heterocycles. The average molecular weight is 429 g/mol. The quantitative estimate of drug-likeness (QED) is 0.441. The Labute approximate surface area is 169 Å². The van der Waals surface area contributed by atoms with Crippen molar-refractivity contribution in [2.75, 3.05) is 16.9 Å². The molecule has 30 heavy (non-hydrogen) atoms. The molecular formula is C19H16FN5O4S. The zero-order valence-electron chi connectivity index (χ0n) is 15.9. The van der Waals surface area contributed by atoms with E-state index in [1.54, 1.807) is 24.4 Å². The molecule has 0 atom stereocenters. The van der Waals surface area contributed by atoms with Crippen LogP contribution in [0.3, 0.4) is 0 Å². The Bertz CT molecular complexity index is 1430. The maximum atomic E-state index is 13.8. The highest BCUT2D eigenvalue weighted by atomic mass is 32.2. The molecule has 0 fully saturated rings. The number of fused-ring (bicyclic) bond motifs is 1. The molecule has 4 aromatic rings. The van der Waals surface area contributed by atoms with Crippen LogP contribution >= 0.6 is 0 Å². The number of H-pyrrole nitrogens is 1. The number of hydrogen-bond acceptors (Lipinski definition) is 8. The van der Waals surface area contributed by atoms with Gasteiger partial charge in [0.2, 0.25) is 5.95 Å². The number of nitrogens with zero attached hydrogens (tertiary/aromatic N) is 2. The second-order valence-corrected chi connectivity index (χ2v) is 8.60. The fourth-order valence-electron chi connectivity index (χ4n) is 2.79. The van der Waals surface area contributed by atoms with E-state index in [0.29, 0.717) is 28.3 Å². The molecule has 0 aliphatic carbocycles. The van der Waals surface area contributed by atoms with Crippen LogP contribution in [0.2, 0.25) is 0 Å². The summed E-state index contributed by atoms with van der Waals surface area (Å²) in [5.74, 6) is -0.697. The summed E-state index contributed by atoms with van der Waals surface area (Å²) in [5.41, 5.74) is 2.70. The number of aromatic nitrogens is 3. The number of sulfone groups is 1. The zero-order chi connectivity index (χ0) is 21.5. The third kappa shape index (κ3) is 4.01. The summed E-state index contributed by atoms with van der Waals surface area (Å²) >= 11 is 0. The van der Waals surface area contributed by atoms with Gasteiger partial charge >= 0.3 is 5.76 Å². The van der Waals surface area contributed by atoms with Crippen LogP contribution in [-0.4, -0.2) is 29.6 Å². The lowest BCUT2D eigenvalue weighted by Gasteiger charge is -2.12. The average Bonchev–Trinajstić information content (AvgIpc) is 3.04. The zero-order valence-corrected chi connectivity index (χ0v) is 16.7. The van der Waals surface area contributed by atoms with E-state index in [1.165, 1.54) is 12.1 Å². The van der Waals surface area contributed by atoms with Crippen molar-refractivity contribution in [2.24, 2.45) is 0 Å². The third-order valence-electron chi connectivity index (χ3n) is 4.24. The maximum absolute atomic E-state index is 13.8. The van der Waals surface area contributed by atoms with Gasteiger partial charge in [-0.2, -0.15) is 4.98 Å². The fraction of sp³-hybridized carbons (Fsp3) is 0.105. The molecule has 0 spiro atoms. The lowest BCUT2D eigenvalue weighted by atomic mass is 10.2. The first-order valence-electron chi connectivity index (χ1n) is 8.69. The summed E-state index contributed by atoms with van der Waals surface area (Å²) in [7, 11) is -3.72. The number of aromatic amines is 1. The highest BCUT2D eigenvalue weighted by Crippen LogP contribution is 2.25. The van der Waals surface area contributed by atoms with E-state index in [2.05, 4.69) is 25.6 Å². The molecule has 4 rings (SSSR count). The SMILES string of the molecule is Cc1cnc(Nc2ccc(F)c(S(C)(=O)=O)c2)nc1Nc1ccc2oc(=O)[nH]c2c1. The van der Waals surface area contributed by atoms with Crippen molar-refractivity contribution in [1.82, 2.24) is 15.0 Å². The molecule has 3 N–H and O–H groups in total. The molecule has 154 valence electrons. The number of oxazole rings is 1. The van der Waals surface area contributed by atoms with Gasteiger partial charge in [0.25, 0.3) is 0 Å². The maximum Gasteiger partial charge on any atom is 0.417 e. The predicted octanol–water partition coefficient (Wildman–Crippen LogP) is 3.25. The molecule has 0 saturated carbocycles. The van der Waals surface area contributed by atoms with Crippen LogP contribution in [-0.2, 0) is 9.84 Å². The molecular weight excluding hydrogens is 413 g/mol. The van der Waals surface area contributed by atoms with E-state index < -0.39 is 26.3 Å². The standard InChI is InChI=1S/C19H16FN5O4S/c1-10-9-21-18(23-12-3-5-13(20)16(8-12)30(2,27)28)25-17(10)22-11-4-6-15-14(7-11)24-19(26)29-15/h3-9H,1-2H3,(H,24,26)(H2,21,22,23,25). The molecule has 2 aromatic heterocycles. The molecule has 0 unspecified atom stereocenters. The van der Waals surface area contributed by atoms with Gasteiger partial charge in [-0.3, -0.25) is 4.98 Å². The second kappa shape index (κ2) is 7.26. The number of hydrogen-bond donors (Lipinski definition) is 3. The van der Waals surface area contributed by atoms with Gasteiger partial charge in [0.1, 0.15) is 16.5 Å². The molecule has 0 amide bonds. The van der Waals surface area contributed by atoms with Crippen molar-refractivity contribution in [3.8, 4) is 0 Å². The Balaban J connectivity index is 1.62. The number of nitrogens with one attached hydrogen (secondary N) is 3. The van der Waals surface area contributed by atoms with Crippen molar-refractivity contribution in [3.63, 3.8) is 0 Å². The van der Waals surface area contributed by atoms with Gasteiger partial charge in [-0.15, -0.1) is 0 Å². The summed E-state index contributed by atoms with van der Waals surface area (Å²) < 4.78 is 42.2. The number of anilines is 4. The van der Waals surface area contributed by atoms with E-state index in [9.17, 15) is 17.6 Å². The topological polar surface area (TPSA) is 130 Å². The molecule has 0 aliphatic heterocycles. The Morgan fingerprint density at radius 3 is 2.60 bits per heavy atom. The normalized spacial score (nSPS) is 11.6. The minimum absolute atomic E-state index is 0.187. The smallest absolute Gasteiger partial charge is 0.408 e. The summed E-state index contributed by atoms with van der Waals surface area (Å²) in [6, 6.07) is 8.72. The number of benzene rings is 2. The highest BCUT2D eigenvalue weighted by molar-refractivity contribution is 7.90. The van der Waals surface area contributed by atoms with Crippen molar-refractivity contribution in [2.45, 2.75) is 11.8 Å². The Kier molecular flexibility index (Phi) is 4.74. The number of halogens is 1. The minimum Gasteiger partial charge on any atom is -0.408 e. The first-order valence-corrected chi connectivity index (χ1v) is 10.6. The third-order valence-corrected chi connectivity index (χ3v) is 5.35. The van der Waals surface area contributed by atoms with Gasteiger partial charge in [-0.25, -0.2) is 22.6 Å². The van der Waals surface area contributed by atoms with Gasteiger partial charge in [-0.05, 0) is 43.3 Å². The van der Waals surface area contributed by atoms with Crippen LogP contribution in [0.15, 0.2) is 56.7 Å². The Morgan fingerprint density at radius 2 is 1.83 bits per heavy atom. The van der Waals surface area contributed by atoms with Gasteiger partial charge < -0.3 is 15.1 Å². The fourth-order valence-corrected chi connectivity index (χ4v) is 3.55. The lowest BCUT2D eigenvalue weighted by Crippen LogP contribution is -2.05. The molecule has 11 heteroatoms. The van der Waals surface area contributed by atoms with Crippen LogP contribution in [0.25, 0.3) is 11.1 Å². The van der Waals surface area contributed by atoms with E-state index in [-0.39, 0.29) is 5.95 Å². The lowest BCUT2D eigenvalue weighted by molar-refractivity contribution is 0.555. The van der Waals surface area contributed by atoms with Crippen molar-refractivity contribution >= 4 is 44.1 Å². The molecule has 0 aliphatic rings. The minimum atomic E-state index is -3.72. The van der Waals surface area contributed by atoms with Crippen molar-refractivity contribution in [1.29, 1.82) is 0 Å². The summed E-state index contributed by atoms with van der Waals surface area (Å²) in [4.78, 5) is 22.0. The number of rotatable bonds is 5. The van der Waals surface area contributed by atoms with Gasteiger partial charge in [0, 0.05) is 29.4 Å². The van der Waals surface area contributed by atoms with E-state index in [4.69, 9.17) is 4.42 Å². The van der Waals surface area contributed by atoms with Gasteiger partial charge in [0.05, 0.1) is 5.52 Å². The first-order chi connectivity index (χ1) is 14.2. The molecule has 2 aromatic carbocycles. The highest BCUT2D eigenvalue weighted by Gasteiger charge is 2.15. The van der Waals surface area contributed by atoms with Crippen LogP contribution in [0, 0.1) is 12.7 Å². The van der Waals surface area contributed by atoms with Crippen LogP contribution in [0.1, 0.15) is 5.56 Å². The molecule has 0 radical (unpaired) electrons. The Morgan fingerprint density at radius 1 is 1.10 bits per heavy atom. The first kappa shape index (κ1) is 19.6. The second-order valence-electron chi connectivity index (χ2n) is 6.62. The Hall–Kier alpha value is -3.73. The molecule has 2 heterocycles. The van der Waals surface area contributed by atoms with Crippen LogP contribution < -0.4 is 16.4 Å². The van der Waals surface area contributed by atoms with E-state index in [1.807, 2.05) is 6.92 Å². The molecule has 0 bridgehead atoms. The van der Waals surface area contributed by atoms with E-state index >= 15 is 0 Å². The molecule has 9 nitrogen and oxygen atoms in total. The van der Waals surface area contributed by atoms with Crippen LogP contribution in [0.4, 0.5) is 27.5 Å². The van der Waals surface area contributed by atoms with Crippen molar-refractivity contribution in [3.05, 3.63) is 64.5 Å². The van der Waals surface area contributed by atoms with Gasteiger partial charge in [0.15, 0.2) is 15.4 Å². The summed E-state index contributed by atoms with van der Waals surface area (Å²) in [5, 5.41) is 6.01. The van der Waals surface area contributed by atoms with E-state index in [0.717, 1.165) is 17.9 Å².